The largest absolute Gasteiger partial charge is 0.393 e. The fourth-order valence-electron chi connectivity index (χ4n) is 5.73. The molecule has 1 aromatic heterocycles. The van der Waals surface area contributed by atoms with Crippen molar-refractivity contribution < 1.29 is 9.90 Å². The number of nitrogens with zero attached hydrogens (tertiary/aromatic N) is 4. The normalized spacial score (nSPS) is 18.7. The Kier molecular flexibility index (Phi) is 6.76. The number of hydrogen-bond donors (Lipinski definition) is 3. The molecule has 2 aliphatic heterocycles. The molecule has 37 heavy (non-hydrogen) atoms. The van der Waals surface area contributed by atoms with E-state index in [9.17, 15) is 9.90 Å². The number of amides is 1. The van der Waals surface area contributed by atoms with E-state index >= 15 is 0 Å². The minimum atomic E-state index is -0.131. The van der Waals surface area contributed by atoms with Crippen LogP contribution < -0.4 is 15.5 Å². The van der Waals surface area contributed by atoms with Crippen LogP contribution in [0.25, 0.3) is 0 Å². The molecule has 2 fully saturated rings. The third-order valence-electron chi connectivity index (χ3n) is 7.83. The summed E-state index contributed by atoms with van der Waals surface area (Å²) in [6.07, 6.45) is 8.83. The van der Waals surface area contributed by atoms with Gasteiger partial charge in [-0.1, -0.05) is 37.1 Å². The lowest BCUT2D eigenvalue weighted by molar-refractivity contribution is 0.0832. The molecule has 0 atom stereocenters. The number of anilines is 5. The van der Waals surface area contributed by atoms with Crippen LogP contribution in [0, 0.1) is 0 Å². The number of likely N-dealkylation sites (tertiary alicyclic amines) is 1. The molecule has 1 saturated heterocycles. The van der Waals surface area contributed by atoms with E-state index in [0.29, 0.717) is 23.2 Å². The van der Waals surface area contributed by atoms with E-state index in [-0.39, 0.29) is 12.0 Å². The van der Waals surface area contributed by atoms with Crippen molar-refractivity contribution in [3.63, 3.8) is 0 Å². The van der Waals surface area contributed by atoms with Crippen LogP contribution in [0.1, 0.15) is 54.4 Å². The monoisotopic (exact) mass is 498 g/mol. The Balaban J connectivity index is 1.20. The fraction of sp³-hybridized carbons (Fsp3) is 0.414. The molecule has 0 radical (unpaired) electrons. The van der Waals surface area contributed by atoms with Gasteiger partial charge in [-0.25, -0.2) is 4.98 Å². The molecule has 2 aromatic carbocycles. The standard InChI is InChI=1S/C29H34N6O2/c36-23-14-17-34(18-15-23)16-13-20-9-11-21(12-10-20)31-29-30-19-25-27(33-29)35(22-5-1-2-6-22)26-8-4-3-7-24(26)28(37)32-25/h3-4,7-12,19,22-23,36H,1-2,5-6,13-18H2,(H,32,37)(H,30,31,33). The summed E-state index contributed by atoms with van der Waals surface area (Å²) in [4.78, 5) is 27.1. The third-order valence-corrected chi connectivity index (χ3v) is 7.83. The highest BCUT2D eigenvalue weighted by Gasteiger charge is 2.33. The van der Waals surface area contributed by atoms with Crippen LogP contribution in [0.5, 0.6) is 0 Å². The molecule has 3 aromatic rings. The topological polar surface area (TPSA) is 93.6 Å². The number of fused-ring (bicyclic) bond motifs is 2. The van der Waals surface area contributed by atoms with Gasteiger partial charge in [0.2, 0.25) is 5.95 Å². The molecule has 6 rings (SSSR count). The van der Waals surface area contributed by atoms with Gasteiger partial charge in [-0.3, -0.25) is 4.79 Å². The number of carbonyl (C=O) groups excluding carboxylic acids is 1. The van der Waals surface area contributed by atoms with Gasteiger partial charge in [0.05, 0.1) is 23.6 Å². The number of aromatic nitrogens is 2. The van der Waals surface area contributed by atoms with Crippen LogP contribution in [-0.4, -0.2) is 57.7 Å². The molecule has 3 N–H and O–H groups in total. The molecule has 3 aliphatic rings. The van der Waals surface area contributed by atoms with Crippen molar-refractivity contribution in [2.24, 2.45) is 0 Å². The second kappa shape index (κ2) is 10.5. The minimum Gasteiger partial charge on any atom is -0.393 e. The highest BCUT2D eigenvalue weighted by molar-refractivity contribution is 6.12. The van der Waals surface area contributed by atoms with Gasteiger partial charge in [0.15, 0.2) is 5.82 Å². The van der Waals surface area contributed by atoms with E-state index in [1.54, 1.807) is 6.20 Å². The van der Waals surface area contributed by atoms with Crippen LogP contribution in [0.4, 0.5) is 28.8 Å². The number of hydrogen-bond acceptors (Lipinski definition) is 7. The quantitative estimate of drug-likeness (QED) is 0.447. The molecule has 1 aliphatic carbocycles. The zero-order chi connectivity index (χ0) is 25.2. The molecule has 1 amide bonds. The first-order valence-electron chi connectivity index (χ1n) is 13.5. The third kappa shape index (κ3) is 5.17. The van der Waals surface area contributed by atoms with Crippen LogP contribution in [-0.2, 0) is 6.42 Å². The van der Waals surface area contributed by atoms with Gasteiger partial charge in [0.25, 0.3) is 5.91 Å². The summed E-state index contributed by atoms with van der Waals surface area (Å²) in [5, 5.41) is 16.1. The summed E-state index contributed by atoms with van der Waals surface area (Å²) in [5.41, 5.74) is 4.42. The van der Waals surface area contributed by atoms with Gasteiger partial charge in [0, 0.05) is 31.4 Å². The van der Waals surface area contributed by atoms with E-state index in [1.807, 2.05) is 24.3 Å². The summed E-state index contributed by atoms with van der Waals surface area (Å²) >= 11 is 0. The SMILES string of the molecule is O=C1Nc2cnc(Nc3ccc(CCN4CCC(O)CC4)cc3)nc2N(C2CCCC2)c2ccccc21. The molecule has 0 unspecified atom stereocenters. The van der Waals surface area contributed by atoms with Crippen LogP contribution in [0.3, 0.4) is 0 Å². The van der Waals surface area contributed by atoms with Gasteiger partial charge in [0.1, 0.15) is 5.69 Å². The van der Waals surface area contributed by atoms with Gasteiger partial charge in [-0.2, -0.15) is 4.98 Å². The first kappa shape index (κ1) is 23.9. The van der Waals surface area contributed by atoms with Crippen molar-refractivity contribution in [3.8, 4) is 0 Å². The van der Waals surface area contributed by atoms with Crippen molar-refractivity contribution in [2.75, 3.05) is 35.2 Å². The molecule has 0 bridgehead atoms. The van der Waals surface area contributed by atoms with Crippen molar-refractivity contribution in [1.29, 1.82) is 0 Å². The highest BCUT2D eigenvalue weighted by atomic mass is 16.3. The van der Waals surface area contributed by atoms with Gasteiger partial charge < -0.3 is 25.5 Å². The minimum absolute atomic E-state index is 0.127. The summed E-state index contributed by atoms with van der Waals surface area (Å²) in [6, 6.07) is 16.5. The van der Waals surface area contributed by atoms with Crippen molar-refractivity contribution in [1.82, 2.24) is 14.9 Å². The van der Waals surface area contributed by atoms with Crippen molar-refractivity contribution in [2.45, 2.75) is 57.1 Å². The lowest BCUT2D eigenvalue weighted by Crippen LogP contribution is -2.37. The second-order valence-corrected chi connectivity index (χ2v) is 10.4. The molecule has 8 nitrogen and oxygen atoms in total. The Morgan fingerprint density at radius 3 is 2.54 bits per heavy atom. The number of para-hydroxylation sites is 1. The summed E-state index contributed by atoms with van der Waals surface area (Å²) in [5.74, 6) is 1.12. The zero-order valence-electron chi connectivity index (χ0n) is 21.1. The Labute approximate surface area is 217 Å². The maximum absolute atomic E-state index is 13.0. The fourth-order valence-corrected chi connectivity index (χ4v) is 5.73. The Bertz CT molecular complexity index is 1250. The van der Waals surface area contributed by atoms with E-state index < -0.39 is 0 Å². The molecule has 8 heteroatoms. The lowest BCUT2D eigenvalue weighted by atomic mass is 10.1. The number of rotatable bonds is 6. The molecular formula is C29H34N6O2. The average molecular weight is 499 g/mol. The lowest BCUT2D eigenvalue weighted by Gasteiger charge is -2.31. The number of aliphatic hydroxyl groups excluding tert-OH is 1. The average Bonchev–Trinajstić information content (AvgIpc) is 3.42. The maximum Gasteiger partial charge on any atom is 0.257 e. The molecule has 1 saturated carbocycles. The maximum atomic E-state index is 13.0. The molecule has 3 heterocycles. The van der Waals surface area contributed by atoms with Gasteiger partial charge >= 0.3 is 0 Å². The van der Waals surface area contributed by atoms with Crippen LogP contribution in [0.15, 0.2) is 54.7 Å². The summed E-state index contributed by atoms with van der Waals surface area (Å²) in [7, 11) is 0. The Morgan fingerprint density at radius 2 is 1.76 bits per heavy atom. The van der Waals surface area contributed by atoms with Gasteiger partial charge in [-0.05, 0) is 61.9 Å². The number of piperidine rings is 1. The Hall–Kier alpha value is -3.49. The van der Waals surface area contributed by atoms with Gasteiger partial charge in [-0.15, -0.1) is 0 Å². The first-order chi connectivity index (χ1) is 18.1. The van der Waals surface area contributed by atoms with E-state index in [1.165, 1.54) is 18.4 Å². The number of nitrogens with one attached hydrogen (secondary N) is 2. The van der Waals surface area contributed by atoms with Crippen molar-refractivity contribution in [3.05, 3.63) is 65.9 Å². The predicted octanol–water partition coefficient (Wildman–Crippen LogP) is 4.87. The van der Waals surface area contributed by atoms with E-state index in [2.05, 4.69) is 49.7 Å². The first-order valence-corrected chi connectivity index (χ1v) is 13.5. The van der Waals surface area contributed by atoms with E-state index in [0.717, 1.165) is 68.9 Å². The zero-order valence-corrected chi connectivity index (χ0v) is 21.1. The van der Waals surface area contributed by atoms with Crippen LogP contribution in [0.2, 0.25) is 0 Å². The van der Waals surface area contributed by atoms with E-state index in [4.69, 9.17) is 4.98 Å². The molecule has 0 spiro atoms. The summed E-state index contributed by atoms with van der Waals surface area (Å²) in [6.45, 7) is 2.95. The van der Waals surface area contributed by atoms with Crippen molar-refractivity contribution >= 4 is 34.7 Å². The number of aliphatic hydroxyl groups is 1. The molecular weight excluding hydrogens is 464 g/mol. The smallest absolute Gasteiger partial charge is 0.257 e. The highest BCUT2D eigenvalue weighted by Crippen LogP contribution is 2.41. The number of benzene rings is 2. The Morgan fingerprint density at radius 1 is 1.00 bits per heavy atom. The second-order valence-electron chi connectivity index (χ2n) is 10.4. The van der Waals surface area contributed by atoms with Crippen LogP contribution >= 0.6 is 0 Å². The molecule has 192 valence electrons. The summed E-state index contributed by atoms with van der Waals surface area (Å²) < 4.78 is 0. The predicted molar refractivity (Wildman–Crippen MR) is 146 cm³/mol. The number of carbonyl (C=O) groups is 1.